The second kappa shape index (κ2) is 13.4. The molecule has 10 aromatic rings. The summed E-state index contributed by atoms with van der Waals surface area (Å²) in [5, 5.41) is 14.4. The molecule has 0 unspecified atom stereocenters. The zero-order valence-electron chi connectivity index (χ0n) is 30.6. The smallest absolute Gasteiger partial charge is 0.0714 e. The second-order valence-electron chi connectivity index (χ2n) is 14.3. The van der Waals surface area contributed by atoms with Gasteiger partial charge in [0, 0.05) is 11.8 Å². The molecular formula is C54H37N. The monoisotopic (exact) mass is 699 g/mol. The summed E-state index contributed by atoms with van der Waals surface area (Å²) in [6.45, 7) is 6.86. The first-order chi connectivity index (χ1) is 27.2. The Morgan fingerprint density at radius 3 is 1.62 bits per heavy atom. The minimum atomic E-state index is 0.978. The van der Waals surface area contributed by atoms with Crippen molar-refractivity contribution >= 4 is 71.6 Å². The summed E-state index contributed by atoms with van der Waals surface area (Å²) in [7, 11) is 0. The van der Waals surface area contributed by atoms with Crippen LogP contribution in [0.3, 0.4) is 0 Å². The molecule has 0 aliphatic carbocycles. The van der Waals surface area contributed by atoms with Crippen LogP contribution < -0.4 is 10.4 Å². The van der Waals surface area contributed by atoms with E-state index in [1.165, 1.54) is 81.3 Å². The molecule has 0 amide bonds. The summed E-state index contributed by atoms with van der Waals surface area (Å²) in [6.07, 6.45) is 6.30. The van der Waals surface area contributed by atoms with Gasteiger partial charge >= 0.3 is 0 Å². The van der Waals surface area contributed by atoms with Gasteiger partial charge in [0.25, 0.3) is 0 Å². The number of hydrogen-bond donors (Lipinski definition) is 0. The Morgan fingerprint density at radius 1 is 0.436 bits per heavy atom. The van der Waals surface area contributed by atoms with Gasteiger partial charge in [0.05, 0.1) is 5.69 Å². The lowest BCUT2D eigenvalue weighted by Gasteiger charge is -2.21. The third kappa shape index (κ3) is 5.44. The Bertz CT molecular complexity index is 3220. The van der Waals surface area contributed by atoms with Crippen molar-refractivity contribution in [3.8, 4) is 33.5 Å². The van der Waals surface area contributed by atoms with Gasteiger partial charge in [-0.15, -0.1) is 0 Å². The Hall–Kier alpha value is -7.09. The lowest BCUT2D eigenvalue weighted by Crippen LogP contribution is -2.23. The van der Waals surface area contributed by atoms with Gasteiger partial charge in [-0.1, -0.05) is 164 Å². The van der Waals surface area contributed by atoms with Crippen LogP contribution >= 0.6 is 0 Å². The molecule has 0 atom stereocenters. The first kappa shape index (κ1) is 32.6. The number of benzene rings is 9. The highest BCUT2D eigenvalue weighted by Crippen LogP contribution is 2.47. The summed E-state index contributed by atoms with van der Waals surface area (Å²) < 4.78 is 0. The fourth-order valence-corrected chi connectivity index (χ4v) is 8.73. The Kier molecular flexibility index (Phi) is 7.93. The average Bonchev–Trinajstić information content (AvgIpc) is 3.24. The molecule has 0 saturated heterocycles. The molecular weight excluding hydrogens is 663 g/mol. The van der Waals surface area contributed by atoms with Gasteiger partial charge in [-0.2, -0.15) is 0 Å². The SMILES string of the molecule is C=C(/C=c1/cccc/c1=C/C)c1c2ccccc2c(-c2ccc3ccccc3c2)c2cc(-c3c4ccccc4c(-c4ccccn4)c4ccccc34)ccc12. The summed E-state index contributed by atoms with van der Waals surface area (Å²) in [4.78, 5) is 4.84. The quantitative estimate of drug-likeness (QED) is 0.163. The number of allylic oxidation sites excluding steroid dienone is 1. The van der Waals surface area contributed by atoms with Crippen molar-refractivity contribution in [2.75, 3.05) is 0 Å². The van der Waals surface area contributed by atoms with Crippen molar-refractivity contribution in [3.05, 3.63) is 205 Å². The second-order valence-corrected chi connectivity index (χ2v) is 14.3. The van der Waals surface area contributed by atoms with Gasteiger partial charge in [0.2, 0.25) is 0 Å². The predicted octanol–water partition coefficient (Wildman–Crippen LogP) is 13.1. The largest absolute Gasteiger partial charge is 0.256 e. The topological polar surface area (TPSA) is 12.9 Å². The Labute approximate surface area is 320 Å². The number of nitrogens with zero attached hydrogens (tertiary/aromatic N) is 1. The van der Waals surface area contributed by atoms with Crippen LogP contribution in [-0.4, -0.2) is 4.98 Å². The van der Waals surface area contributed by atoms with Crippen molar-refractivity contribution in [1.29, 1.82) is 0 Å². The summed E-state index contributed by atoms with van der Waals surface area (Å²) in [5.74, 6) is 0. The predicted molar refractivity (Wildman–Crippen MR) is 237 cm³/mol. The van der Waals surface area contributed by atoms with Crippen molar-refractivity contribution in [3.63, 3.8) is 0 Å². The Morgan fingerprint density at radius 2 is 0.945 bits per heavy atom. The molecule has 1 nitrogen and oxygen atoms in total. The van der Waals surface area contributed by atoms with Crippen LogP contribution in [0.4, 0.5) is 0 Å². The molecule has 1 aromatic heterocycles. The number of fused-ring (bicyclic) bond motifs is 5. The van der Waals surface area contributed by atoms with Gasteiger partial charge in [-0.05, 0) is 135 Å². The van der Waals surface area contributed by atoms with E-state index in [-0.39, 0.29) is 0 Å². The third-order valence-corrected chi connectivity index (χ3v) is 11.2. The third-order valence-electron chi connectivity index (χ3n) is 11.2. The van der Waals surface area contributed by atoms with Crippen LogP contribution in [0, 0.1) is 0 Å². The number of pyridine rings is 1. The van der Waals surface area contributed by atoms with Crippen molar-refractivity contribution < 1.29 is 0 Å². The van der Waals surface area contributed by atoms with E-state index in [9.17, 15) is 0 Å². The summed E-state index contributed by atoms with van der Waals surface area (Å²) in [5.41, 5.74) is 9.13. The van der Waals surface area contributed by atoms with E-state index in [0.29, 0.717) is 0 Å². The highest BCUT2D eigenvalue weighted by molar-refractivity contribution is 6.24. The minimum Gasteiger partial charge on any atom is -0.256 e. The maximum absolute atomic E-state index is 4.84. The van der Waals surface area contributed by atoms with Crippen LogP contribution in [0.1, 0.15) is 12.5 Å². The maximum Gasteiger partial charge on any atom is 0.0714 e. The average molecular weight is 700 g/mol. The van der Waals surface area contributed by atoms with Crippen LogP contribution in [-0.2, 0) is 0 Å². The minimum absolute atomic E-state index is 0.978. The van der Waals surface area contributed by atoms with E-state index >= 15 is 0 Å². The lowest BCUT2D eigenvalue weighted by atomic mass is 9.83. The number of hydrogen-bond acceptors (Lipinski definition) is 1. The molecule has 1 heteroatoms. The highest BCUT2D eigenvalue weighted by atomic mass is 14.7. The fourth-order valence-electron chi connectivity index (χ4n) is 8.73. The van der Waals surface area contributed by atoms with E-state index in [1.807, 2.05) is 12.3 Å². The van der Waals surface area contributed by atoms with Crippen molar-refractivity contribution in [2.45, 2.75) is 6.92 Å². The Balaban J connectivity index is 1.34. The molecule has 0 aliphatic rings. The van der Waals surface area contributed by atoms with Crippen LogP contribution in [0.15, 0.2) is 189 Å². The van der Waals surface area contributed by atoms with E-state index in [0.717, 1.165) is 27.6 Å². The van der Waals surface area contributed by atoms with Crippen molar-refractivity contribution in [2.24, 2.45) is 0 Å². The van der Waals surface area contributed by atoms with Crippen LogP contribution in [0.2, 0.25) is 0 Å². The normalized spacial score (nSPS) is 12.4. The van der Waals surface area contributed by atoms with E-state index in [2.05, 4.69) is 189 Å². The lowest BCUT2D eigenvalue weighted by molar-refractivity contribution is 1.34. The first-order valence-corrected chi connectivity index (χ1v) is 18.9. The number of rotatable bonds is 5. The van der Waals surface area contributed by atoms with Gasteiger partial charge in [-0.25, -0.2) is 0 Å². The number of aromatic nitrogens is 1. The molecule has 9 aromatic carbocycles. The molecule has 0 fully saturated rings. The van der Waals surface area contributed by atoms with Gasteiger partial charge in [-0.3, -0.25) is 4.98 Å². The standard InChI is InChI=1S/C54H37N/c1-3-36-16-4-6-18-38(36)32-35(2)51-42-20-8-9-21-43(42)53(40-28-27-37-17-5-7-19-39(37)33-40)49-34-41(29-30-48(49)51)52-44-22-10-12-24-46(44)54(50-26-14-15-31-55-50)47-25-13-11-23-45(47)52/h3-34H,2H2,1H3/b36-3-,38-32-. The molecule has 10 rings (SSSR count). The van der Waals surface area contributed by atoms with E-state index < -0.39 is 0 Å². The maximum atomic E-state index is 4.84. The van der Waals surface area contributed by atoms with E-state index in [4.69, 9.17) is 11.6 Å². The first-order valence-electron chi connectivity index (χ1n) is 18.9. The molecule has 0 aliphatic heterocycles. The zero-order valence-corrected chi connectivity index (χ0v) is 30.6. The van der Waals surface area contributed by atoms with Gasteiger partial charge in [0.15, 0.2) is 0 Å². The van der Waals surface area contributed by atoms with Gasteiger partial charge < -0.3 is 0 Å². The molecule has 0 saturated carbocycles. The summed E-state index contributed by atoms with van der Waals surface area (Å²) in [6, 6.07) is 63.8. The molecule has 1 heterocycles. The van der Waals surface area contributed by atoms with Crippen LogP contribution in [0.5, 0.6) is 0 Å². The molecule has 55 heavy (non-hydrogen) atoms. The molecule has 0 N–H and O–H groups in total. The molecule has 258 valence electrons. The molecule has 0 spiro atoms. The van der Waals surface area contributed by atoms with E-state index in [1.54, 1.807) is 0 Å². The fraction of sp³-hybridized carbons (Fsp3) is 0.0185. The van der Waals surface area contributed by atoms with Crippen LogP contribution in [0.25, 0.3) is 105 Å². The van der Waals surface area contributed by atoms with Gasteiger partial charge in [0.1, 0.15) is 0 Å². The zero-order chi connectivity index (χ0) is 36.9. The van der Waals surface area contributed by atoms with Crippen molar-refractivity contribution in [1.82, 2.24) is 4.98 Å². The molecule has 0 radical (unpaired) electrons. The summed E-state index contributed by atoms with van der Waals surface area (Å²) >= 11 is 0. The molecule has 0 bridgehead atoms. The highest BCUT2D eigenvalue weighted by Gasteiger charge is 2.21.